The Morgan fingerprint density at radius 2 is 1.25 bits per heavy atom. The van der Waals surface area contributed by atoms with Gasteiger partial charge >= 0.3 is 0 Å². The van der Waals surface area contributed by atoms with Crippen molar-refractivity contribution in [3.05, 3.63) is 72.6 Å². The van der Waals surface area contributed by atoms with Gasteiger partial charge in [0.05, 0.1) is 6.61 Å². The number of benzene rings is 2. The zero-order valence-corrected chi connectivity index (χ0v) is 14.3. The molecule has 0 saturated heterocycles. The summed E-state index contributed by atoms with van der Waals surface area (Å²) in [5, 5.41) is 0. The summed E-state index contributed by atoms with van der Waals surface area (Å²) in [7, 11) is 0. The normalized spacial score (nSPS) is 10.6. The summed E-state index contributed by atoms with van der Waals surface area (Å²) in [6, 6.07) is 21.1. The van der Waals surface area contributed by atoms with Crippen LogP contribution in [0.15, 0.2) is 66.9 Å². The molecular formula is C22H23NO. The third-order valence-corrected chi connectivity index (χ3v) is 4.07. The fraction of sp³-hybridized carbons (Fsp3) is 0.227. The van der Waals surface area contributed by atoms with E-state index in [1.165, 1.54) is 16.7 Å². The van der Waals surface area contributed by atoms with E-state index in [9.17, 15) is 0 Å². The van der Waals surface area contributed by atoms with E-state index in [-0.39, 0.29) is 0 Å². The van der Waals surface area contributed by atoms with Crippen molar-refractivity contribution in [1.82, 2.24) is 4.98 Å². The molecule has 0 spiro atoms. The molecule has 122 valence electrons. The Morgan fingerprint density at radius 1 is 0.708 bits per heavy atom. The summed E-state index contributed by atoms with van der Waals surface area (Å²) >= 11 is 0. The highest BCUT2D eigenvalue weighted by atomic mass is 16.5. The van der Waals surface area contributed by atoms with Crippen LogP contribution in [0.3, 0.4) is 0 Å². The number of aromatic nitrogens is 1. The molecule has 3 rings (SSSR count). The molecule has 0 aliphatic carbocycles. The summed E-state index contributed by atoms with van der Waals surface area (Å²) < 4.78 is 5.63. The molecule has 0 unspecified atom stereocenters. The third-order valence-electron chi connectivity index (χ3n) is 4.07. The average Bonchev–Trinajstić information content (AvgIpc) is 2.67. The number of hydrogen-bond donors (Lipinski definition) is 0. The van der Waals surface area contributed by atoms with Crippen LogP contribution in [0.25, 0.3) is 22.3 Å². The van der Waals surface area contributed by atoms with Crippen LogP contribution in [0.2, 0.25) is 0 Å². The Morgan fingerprint density at radius 3 is 1.75 bits per heavy atom. The smallest absolute Gasteiger partial charge is 0.119 e. The monoisotopic (exact) mass is 317 g/mol. The quantitative estimate of drug-likeness (QED) is 0.576. The molecule has 2 nitrogen and oxygen atoms in total. The van der Waals surface area contributed by atoms with E-state index in [0.29, 0.717) is 0 Å². The first-order valence-corrected chi connectivity index (χ1v) is 8.58. The van der Waals surface area contributed by atoms with Crippen LogP contribution in [0, 0.1) is 0 Å². The molecule has 1 heterocycles. The van der Waals surface area contributed by atoms with Gasteiger partial charge in [0.15, 0.2) is 0 Å². The zero-order chi connectivity index (χ0) is 16.8. The van der Waals surface area contributed by atoms with E-state index in [2.05, 4.69) is 67.4 Å². The molecule has 0 aliphatic heterocycles. The highest BCUT2D eigenvalue weighted by Gasteiger charge is 2.02. The molecule has 2 aromatic carbocycles. The van der Waals surface area contributed by atoms with Crippen molar-refractivity contribution in [1.29, 1.82) is 0 Å². The highest BCUT2D eigenvalue weighted by Crippen LogP contribution is 2.26. The van der Waals surface area contributed by atoms with Gasteiger partial charge in [-0.2, -0.15) is 0 Å². The van der Waals surface area contributed by atoms with E-state index in [1.807, 2.05) is 18.3 Å². The van der Waals surface area contributed by atoms with Crippen molar-refractivity contribution >= 4 is 0 Å². The number of rotatable bonds is 6. The minimum absolute atomic E-state index is 0.763. The second-order valence-electron chi connectivity index (χ2n) is 5.84. The van der Waals surface area contributed by atoms with E-state index in [1.54, 1.807) is 0 Å². The topological polar surface area (TPSA) is 22.1 Å². The molecule has 0 aliphatic rings. The molecule has 0 bridgehead atoms. The van der Waals surface area contributed by atoms with Crippen LogP contribution < -0.4 is 4.74 Å². The van der Waals surface area contributed by atoms with Gasteiger partial charge in [-0.1, -0.05) is 56.3 Å². The van der Waals surface area contributed by atoms with E-state index in [0.717, 1.165) is 36.5 Å². The molecule has 2 heteroatoms. The fourth-order valence-corrected chi connectivity index (χ4v) is 2.62. The Kier molecular flexibility index (Phi) is 5.27. The maximum atomic E-state index is 5.63. The zero-order valence-electron chi connectivity index (χ0n) is 14.3. The maximum absolute atomic E-state index is 5.63. The van der Waals surface area contributed by atoms with Crippen molar-refractivity contribution in [2.75, 3.05) is 6.61 Å². The second kappa shape index (κ2) is 7.78. The predicted molar refractivity (Wildman–Crippen MR) is 100 cm³/mol. The highest BCUT2D eigenvalue weighted by molar-refractivity contribution is 5.70. The van der Waals surface area contributed by atoms with Gasteiger partial charge in [0, 0.05) is 17.5 Å². The SMILES string of the molecule is CCCOc1ccc(-c2ccc(-c3ccc(CC)nc3)cc2)cc1. The first-order valence-electron chi connectivity index (χ1n) is 8.58. The first-order chi connectivity index (χ1) is 11.8. The van der Waals surface area contributed by atoms with E-state index >= 15 is 0 Å². The average molecular weight is 317 g/mol. The number of pyridine rings is 1. The summed E-state index contributed by atoms with van der Waals surface area (Å²) in [5.41, 5.74) is 5.88. The standard InChI is InChI=1S/C22H23NO/c1-3-15-24-22-13-10-18(11-14-22)17-5-7-19(8-6-17)20-9-12-21(4-2)23-16-20/h5-14,16H,3-4,15H2,1-2H3. The number of hydrogen-bond acceptors (Lipinski definition) is 2. The third kappa shape index (κ3) is 3.83. The molecular weight excluding hydrogens is 294 g/mol. The second-order valence-corrected chi connectivity index (χ2v) is 5.84. The molecule has 0 saturated carbocycles. The van der Waals surface area contributed by atoms with Gasteiger partial charge in [-0.05, 0) is 47.7 Å². The molecule has 24 heavy (non-hydrogen) atoms. The van der Waals surface area contributed by atoms with Crippen molar-refractivity contribution < 1.29 is 4.74 Å². The lowest BCUT2D eigenvalue weighted by Gasteiger charge is -2.07. The lowest BCUT2D eigenvalue weighted by atomic mass is 10.0. The largest absolute Gasteiger partial charge is 0.494 e. The maximum Gasteiger partial charge on any atom is 0.119 e. The predicted octanol–water partition coefficient (Wildman–Crippen LogP) is 5.77. The first kappa shape index (κ1) is 16.3. The van der Waals surface area contributed by atoms with Crippen molar-refractivity contribution in [2.45, 2.75) is 26.7 Å². The van der Waals surface area contributed by atoms with E-state index in [4.69, 9.17) is 4.74 Å². The van der Waals surface area contributed by atoms with Gasteiger partial charge in [-0.25, -0.2) is 0 Å². The van der Waals surface area contributed by atoms with Crippen LogP contribution in [-0.2, 0) is 6.42 Å². The molecule has 0 fully saturated rings. The van der Waals surface area contributed by atoms with Gasteiger partial charge < -0.3 is 4.74 Å². The van der Waals surface area contributed by atoms with Gasteiger partial charge in [0.2, 0.25) is 0 Å². The Balaban J connectivity index is 1.76. The minimum atomic E-state index is 0.763. The van der Waals surface area contributed by atoms with Gasteiger partial charge in [-0.15, -0.1) is 0 Å². The fourth-order valence-electron chi connectivity index (χ4n) is 2.62. The summed E-state index contributed by atoms with van der Waals surface area (Å²) in [6.45, 7) is 5.00. The summed E-state index contributed by atoms with van der Waals surface area (Å²) in [6.07, 6.45) is 3.95. The van der Waals surface area contributed by atoms with Crippen LogP contribution in [0.1, 0.15) is 26.0 Å². The molecule has 1 aromatic heterocycles. The molecule has 3 aromatic rings. The summed E-state index contributed by atoms with van der Waals surface area (Å²) in [5.74, 6) is 0.930. The molecule has 0 N–H and O–H groups in total. The Hall–Kier alpha value is -2.61. The minimum Gasteiger partial charge on any atom is -0.494 e. The van der Waals surface area contributed by atoms with Crippen molar-refractivity contribution in [3.63, 3.8) is 0 Å². The molecule has 0 atom stereocenters. The lowest BCUT2D eigenvalue weighted by Crippen LogP contribution is -1.94. The van der Waals surface area contributed by atoms with Gasteiger partial charge in [0.1, 0.15) is 5.75 Å². The van der Waals surface area contributed by atoms with E-state index < -0.39 is 0 Å². The van der Waals surface area contributed by atoms with Crippen molar-refractivity contribution in [3.8, 4) is 28.0 Å². The van der Waals surface area contributed by atoms with Gasteiger partial charge in [0.25, 0.3) is 0 Å². The van der Waals surface area contributed by atoms with Crippen LogP contribution >= 0.6 is 0 Å². The van der Waals surface area contributed by atoms with Crippen LogP contribution in [0.4, 0.5) is 0 Å². The Bertz CT molecular complexity index is 759. The summed E-state index contributed by atoms with van der Waals surface area (Å²) in [4.78, 5) is 4.47. The number of ether oxygens (including phenoxy) is 1. The number of aryl methyl sites for hydroxylation is 1. The Labute approximate surface area is 144 Å². The lowest BCUT2D eigenvalue weighted by molar-refractivity contribution is 0.317. The number of nitrogens with zero attached hydrogens (tertiary/aromatic N) is 1. The van der Waals surface area contributed by atoms with Crippen LogP contribution in [-0.4, -0.2) is 11.6 Å². The van der Waals surface area contributed by atoms with Crippen molar-refractivity contribution in [2.24, 2.45) is 0 Å². The van der Waals surface area contributed by atoms with Crippen LogP contribution in [0.5, 0.6) is 5.75 Å². The molecule has 0 radical (unpaired) electrons. The van der Waals surface area contributed by atoms with Gasteiger partial charge in [-0.3, -0.25) is 4.98 Å². The molecule has 0 amide bonds.